The van der Waals surface area contributed by atoms with Crippen LogP contribution in [0.2, 0.25) is 0 Å². The highest BCUT2D eigenvalue weighted by atomic mass is 16.5. The van der Waals surface area contributed by atoms with E-state index in [9.17, 15) is 0 Å². The van der Waals surface area contributed by atoms with E-state index in [0.717, 1.165) is 44.7 Å². The van der Waals surface area contributed by atoms with Crippen molar-refractivity contribution in [2.24, 2.45) is 10.7 Å². The molecule has 0 amide bonds. The lowest BCUT2D eigenvalue weighted by atomic mass is 10.1. The maximum atomic E-state index is 5.85. The van der Waals surface area contributed by atoms with Crippen molar-refractivity contribution in [3.63, 3.8) is 0 Å². The molecule has 1 aliphatic heterocycles. The lowest BCUT2D eigenvalue weighted by molar-refractivity contribution is 0.106. The van der Waals surface area contributed by atoms with E-state index in [-0.39, 0.29) is 0 Å². The van der Waals surface area contributed by atoms with Crippen LogP contribution in [0.4, 0.5) is 0 Å². The van der Waals surface area contributed by atoms with Crippen LogP contribution in [0.25, 0.3) is 0 Å². The molecule has 1 saturated heterocycles. The Hall–Kier alpha value is -1.75. The highest BCUT2D eigenvalue weighted by Crippen LogP contribution is 2.14. The number of rotatable bonds is 7. The van der Waals surface area contributed by atoms with Gasteiger partial charge < -0.3 is 20.5 Å². The Labute approximate surface area is 126 Å². The monoisotopic (exact) mass is 291 g/mol. The summed E-state index contributed by atoms with van der Waals surface area (Å²) >= 11 is 0. The van der Waals surface area contributed by atoms with Crippen molar-refractivity contribution >= 4 is 5.96 Å². The van der Waals surface area contributed by atoms with Crippen molar-refractivity contribution in [3.05, 3.63) is 29.8 Å². The molecule has 0 radical (unpaired) electrons. The van der Waals surface area contributed by atoms with Gasteiger partial charge in [0.15, 0.2) is 5.96 Å². The average molecular weight is 291 g/mol. The quantitative estimate of drug-likeness (QED) is 0.593. The van der Waals surface area contributed by atoms with Crippen molar-refractivity contribution in [2.45, 2.75) is 31.8 Å². The van der Waals surface area contributed by atoms with Gasteiger partial charge in [-0.25, -0.2) is 0 Å². The van der Waals surface area contributed by atoms with Crippen LogP contribution in [0.15, 0.2) is 29.3 Å². The smallest absolute Gasteiger partial charge is 0.188 e. The molecule has 5 nitrogen and oxygen atoms in total. The Bertz CT molecular complexity index is 439. The number of benzene rings is 1. The molecule has 1 heterocycles. The number of guanidine groups is 1. The summed E-state index contributed by atoms with van der Waals surface area (Å²) in [6.07, 6.45) is 4.57. The van der Waals surface area contributed by atoms with Crippen LogP contribution in [0.1, 0.15) is 24.8 Å². The van der Waals surface area contributed by atoms with Gasteiger partial charge >= 0.3 is 0 Å². The van der Waals surface area contributed by atoms with Gasteiger partial charge in [0.05, 0.1) is 13.2 Å². The van der Waals surface area contributed by atoms with Crippen LogP contribution in [-0.4, -0.2) is 38.9 Å². The second-order valence-electron chi connectivity index (χ2n) is 5.22. The van der Waals surface area contributed by atoms with Crippen molar-refractivity contribution in [1.82, 2.24) is 5.32 Å². The van der Waals surface area contributed by atoms with Gasteiger partial charge in [-0.3, -0.25) is 4.99 Å². The normalized spacial score (nSPS) is 18.7. The molecular weight excluding hydrogens is 266 g/mol. The molecule has 1 aliphatic rings. The number of hydrogen-bond donors (Lipinski definition) is 2. The highest BCUT2D eigenvalue weighted by Gasteiger charge is 2.14. The predicted octanol–water partition coefficient (Wildman–Crippen LogP) is 1.71. The highest BCUT2D eigenvalue weighted by molar-refractivity contribution is 5.77. The standard InChI is InChI=1S/C16H25N3O2/c1-20-14-6-4-13(5-7-14)8-10-18-16(17)19-11-9-15-3-2-12-21-15/h4-7,15H,2-3,8-12H2,1H3,(H3,17,18,19). The summed E-state index contributed by atoms with van der Waals surface area (Å²) in [6.45, 7) is 2.40. The van der Waals surface area contributed by atoms with Crippen molar-refractivity contribution < 1.29 is 9.47 Å². The molecule has 2 rings (SSSR count). The van der Waals surface area contributed by atoms with Crippen molar-refractivity contribution in [1.29, 1.82) is 0 Å². The van der Waals surface area contributed by atoms with E-state index in [4.69, 9.17) is 15.2 Å². The molecule has 21 heavy (non-hydrogen) atoms. The number of aliphatic imine (C=N–C) groups is 1. The first-order valence-electron chi connectivity index (χ1n) is 7.56. The number of nitrogens with two attached hydrogens (primary N) is 1. The van der Waals surface area contributed by atoms with E-state index >= 15 is 0 Å². The Kier molecular flexibility index (Phi) is 6.34. The molecule has 0 spiro atoms. The van der Waals surface area contributed by atoms with Crippen LogP contribution in [0, 0.1) is 0 Å². The summed E-state index contributed by atoms with van der Waals surface area (Å²) in [6, 6.07) is 8.05. The largest absolute Gasteiger partial charge is 0.497 e. The Morgan fingerprint density at radius 3 is 2.90 bits per heavy atom. The third-order valence-electron chi connectivity index (χ3n) is 3.64. The predicted molar refractivity (Wildman–Crippen MR) is 84.8 cm³/mol. The maximum Gasteiger partial charge on any atom is 0.188 e. The van der Waals surface area contributed by atoms with E-state index in [1.54, 1.807) is 7.11 Å². The molecule has 5 heteroatoms. The van der Waals surface area contributed by atoms with Gasteiger partial charge in [0.2, 0.25) is 0 Å². The molecule has 0 saturated carbocycles. The minimum Gasteiger partial charge on any atom is -0.497 e. The molecule has 0 aromatic heterocycles. The molecule has 1 aromatic rings. The molecular formula is C16H25N3O2. The number of nitrogens with zero attached hydrogens (tertiary/aromatic N) is 1. The molecule has 3 N–H and O–H groups in total. The lowest BCUT2D eigenvalue weighted by Crippen LogP contribution is -2.33. The van der Waals surface area contributed by atoms with E-state index in [1.165, 1.54) is 12.0 Å². The SMILES string of the molecule is COc1ccc(CCNC(N)=NCCC2CCCO2)cc1. The number of methoxy groups -OCH3 is 1. The maximum absolute atomic E-state index is 5.85. The van der Waals surface area contributed by atoms with Crippen LogP contribution >= 0.6 is 0 Å². The fourth-order valence-electron chi connectivity index (χ4n) is 2.38. The minimum absolute atomic E-state index is 0.376. The lowest BCUT2D eigenvalue weighted by Gasteiger charge is -2.08. The molecule has 1 fully saturated rings. The van der Waals surface area contributed by atoms with Gasteiger partial charge in [-0.15, -0.1) is 0 Å². The molecule has 0 bridgehead atoms. The van der Waals surface area contributed by atoms with Crippen molar-refractivity contribution in [3.8, 4) is 5.75 Å². The van der Waals surface area contributed by atoms with Crippen molar-refractivity contribution in [2.75, 3.05) is 26.8 Å². The third-order valence-corrected chi connectivity index (χ3v) is 3.64. The summed E-state index contributed by atoms with van der Waals surface area (Å²) in [4.78, 5) is 4.33. The summed E-state index contributed by atoms with van der Waals surface area (Å²) in [5.41, 5.74) is 7.09. The van der Waals surface area contributed by atoms with Crippen LogP contribution in [0.3, 0.4) is 0 Å². The Morgan fingerprint density at radius 2 is 2.24 bits per heavy atom. The number of hydrogen-bond acceptors (Lipinski definition) is 3. The molecule has 116 valence electrons. The third kappa shape index (κ3) is 5.63. The summed E-state index contributed by atoms with van der Waals surface area (Å²) < 4.78 is 10.7. The van der Waals surface area contributed by atoms with E-state index in [0.29, 0.717) is 12.1 Å². The van der Waals surface area contributed by atoms with Gasteiger partial charge in [-0.05, 0) is 43.4 Å². The van der Waals surface area contributed by atoms with Crippen LogP contribution in [-0.2, 0) is 11.2 Å². The Balaban J connectivity index is 1.62. The van der Waals surface area contributed by atoms with Gasteiger partial charge in [0, 0.05) is 19.7 Å². The topological polar surface area (TPSA) is 68.9 Å². The van der Waals surface area contributed by atoms with Crippen LogP contribution in [0.5, 0.6) is 5.75 Å². The summed E-state index contributed by atoms with van der Waals surface area (Å²) in [5.74, 6) is 1.39. The van der Waals surface area contributed by atoms with Crippen LogP contribution < -0.4 is 15.8 Å². The van der Waals surface area contributed by atoms with Gasteiger partial charge in [0.1, 0.15) is 5.75 Å². The first-order valence-corrected chi connectivity index (χ1v) is 7.56. The van der Waals surface area contributed by atoms with E-state index in [2.05, 4.69) is 22.4 Å². The van der Waals surface area contributed by atoms with Gasteiger partial charge in [-0.1, -0.05) is 12.1 Å². The zero-order valence-corrected chi connectivity index (χ0v) is 12.7. The van der Waals surface area contributed by atoms with E-state index in [1.807, 2.05) is 12.1 Å². The zero-order valence-electron chi connectivity index (χ0n) is 12.7. The number of ether oxygens (including phenoxy) is 2. The summed E-state index contributed by atoms with van der Waals surface area (Å²) in [5, 5.41) is 3.14. The fraction of sp³-hybridized carbons (Fsp3) is 0.562. The molecule has 1 aromatic carbocycles. The van der Waals surface area contributed by atoms with Gasteiger partial charge in [0.25, 0.3) is 0 Å². The average Bonchev–Trinajstić information content (AvgIpc) is 3.01. The fourth-order valence-corrected chi connectivity index (χ4v) is 2.38. The first-order chi connectivity index (χ1) is 10.3. The minimum atomic E-state index is 0.376. The van der Waals surface area contributed by atoms with Gasteiger partial charge in [-0.2, -0.15) is 0 Å². The Morgan fingerprint density at radius 1 is 1.43 bits per heavy atom. The second-order valence-corrected chi connectivity index (χ2v) is 5.22. The first kappa shape index (κ1) is 15.6. The molecule has 1 unspecified atom stereocenters. The zero-order chi connectivity index (χ0) is 14.9. The molecule has 0 aliphatic carbocycles. The van der Waals surface area contributed by atoms with E-state index < -0.39 is 0 Å². The number of nitrogens with one attached hydrogen (secondary N) is 1. The second kappa shape index (κ2) is 8.52. The molecule has 1 atom stereocenters. The summed E-state index contributed by atoms with van der Waals surface area (Å²) in [7, 11) is 1.67.